The van der Waals surface area contributed by atoms with Crippen LogP contribution < -0.4 is 10.2 Å². The Morgan fingerprint density at radius 2 is 2.11 bits per heavy atom. The van der Waals surface area contributed by atoms with Crippen LogP contribution in [0.1, 0.15) is 25.3 Å². The molecule has 2 nitrogen and oxygen atoms in total. The van der Waals surface area contributed by atoms with Gasteiger partial charge in [0.25, 0.3) is 0 Å². The summed E-state index contributed by atoms with van der Waals surface area (Å²) in [4.78, 5) is 2.55. The molecule has 18 heavy (non-hydrogen) atoms. The zero-order valence-corrected chi connectivity index (χ0v) is 11.9. The van der Waals surface area contributed by atoms with Gasteiger partial charge in [-0.25, -0.2) is 0 Å². The van der Waals surface area contributed by atoms with E-state index in [1.165, 1.54) is 24.1 Å². The largest absolute Gasteiger partial charge is 0.366 e. The standard InChI is InChI=1S/C15H21ClN2/c1-10-7-13(16)5-6-15(10)18-9-14(12-3-4-12)17-8-11(18)2/h5-7,11-12,14,17H,3-4,8-9H2,1-2H3. The molecule has 1 aliphatic carbocycles. The van der Waals surface area contributed by atoms with Crippen molar-refractivity contribution in [3.8, 4) is 0 Å². The minimum Gasteiger partial charge on any atom is -0.366 e. The Hall–Kier alpha value is -0.730. The lowest BCUT2D eigenvalue weighted by molar-refractivity contribution is 0.375. The number of benzene rings is 1. The fourth-order valence-corrected chi connectivity index (χ4v) is 3.21. The lowest BCUT2D eigenvalue weighted by Gasteiger charge is -2.41. The van der Waals surface area contributed by atoms with Crippen LogP contribution in [0.5, 0.6) is 0 Å². The van der Waals surface area contributed by atoms with Crippen LogP contribution in [0.3, 0.4) is 0 Å². The van der Waals surface area contributed by atoms with Crippen LogP contribution in [0, 0.1) is 12.8 Å². The topological polar surface area (TPSA) is 15.3 Å². The number of aryl methyl sites for hydroxylation is 1. The maximum Gasteiger partial charge on any atom is 0.0410 e. The summed E-state index contributed by atoms with van der Waals surface area (Å²) >= 11 is 6.05. The van der Waals surface area contributed by atoms with Crippen LogP contribution in [-0.4, -0.2) is 25.2 Å². The molecule has 1 saturated carbocycles. The van der Waals surface area contributed by atoms with Gasteiger partial charge in [-0.2, -0.15) is 0 Å². The Kier molecular flexibility index (Phi) is 3.25. The van der Waals surface area contributed by atoms with Crippen molar-refractivity contribution in [2.45, 2.75) is 38.8 Å². The number of halogens is 1. The van der Waals surface area contributed by atoms with Gasteiger partial charge in [-0.3, -0.25) is 0 Å². The van der Waals surface area contributed by atoms with Crippen LogP contribution >= 0.6 is 11.6 Å². The number of nitrogens with zero attached hydrogens (tertiary/aromatic N) is 1. The van der Waals surface area contributed by atoms with E-state index in [4.69, 9.17) is 11.6 Å². The molecule has 1 aromatic carbocycles. The number of hydrogen-bond acceptors (Lipinski definition) is 2. The second-order valence-corrected chi connectivity index (χ2v) is 6.22. The summed E-state index contributed by atoms with van der Waals surface area (Å²) in [7, 11) is 0. The molecule has 0 spiro atoms. The van der Waals surface area contributed by atoms with Crippen LogP contribution in [0.4, 0.5) is 5.69 Å². The predicted molar refractivity (Wildman–Crippen MR) is 77.5 cm³/mol. The van der Waals surface area contributed by atoms with E-state index in [0.29, 0.717) is 12.1 Å². The number of hydrogen-bond donors (Lipinski definition) is 1. The summed E-state index contributed by atoms with van der Waals surface area (Å²) in [5, 5.41) is 4.52. The Morgan fingerprint density at radius 1 is 1.33 bits per heavy atom. The number of nitrogens with one attached hydrogen (secondary N) is 1. The van der Waals surface area contributed by atoms with Gasteiger partial charge in [-0.05, 0) is 56.4 Å². The maximum absolute atomic E-state index is 6.05. The van der Waals surface area contributed by atoms with Gasteiger partial charge in [0.15, 0.2) is 0 Å². The number of piperazine rings is 1. The first-order valence-electron chi connectivity index (χ1n) is 6.91. The van der Waals surface area contributed by atoms with Gasteiger partial charge in [0.1, 0.15) is 0 Å². The highest BCUT2D eigenvalue weighted by atomic mass is 35.5. The molecule has 0 aromatic heterocycles. The van der Waals surface area contributed by atoms with Crippen molar-refractivity contribution in [3.05, 3.63) is 28.8 Å². The van der Waals surface area contributed by atoms with E-state index in [-0.39, 0.29) is 0 Å². The minimum atomic E-state index is 0.555. The molecule has 1 heterocycles. The molecule has 0 amide bonds. The first-order chi connectivity index (χ1) is 8.65. The molecule has 98 valence electrons. The average molecular weight is 265 g/mol. The first-order valence-corrected chi connectivity index (χ1v) is 7.29. The summed E-state index contributed by atoms with van der Waals surface area (Å²) < 4.78 is 0. The predicted octanol–water partition coefficient (Wildman–Crippen LogP) is 3.23. The molecule has 3 rings (SSSR count). The summed E-state index contributed by atoms with van der Waals surface area (Å²) in [6.45, 7) is 6.67. The van der Waals surface area contributed by atoms with Crippen LogP contribution in [0.25, 0.3) is 0 Å². The van der Waals surface area contributed by atoms with Gasteiger partial charge in [-0.15, -0.1) is 0 Å². The van der Waals surface area contributed by atoms with Crippen molar-refractivity contribution < 1.29 is 0 Å². The van der Waals surface area contributed by atoms with Crippen molar-refractivity contribution in [2.24, 2.45) is 5.92 Å². The summed E-state index contributed by atoms with van der Waals surface area (Å²) in [6.07, 6.45) is 2.80. The van der Waals surface area contributed by atoms with E-state index in [1.807, 2.05) is 6.07 Å². The summed E-state index contributed by atoms with van der Waals surface area (Å²) in [5.74, 6) is 0.910. The molecular weight excluding hydrogens is 244 g/mol. The second kappa shape index (κ2) is 4.75. The smallest absolute Gasteiger partial charge is 0.0410 e. The van der Waals surface area contributed by atoms with Crippen molar-refractivity contribution >= 4 is 17.3 Å². The molecule has 2 aliphatic rings. The second-order valence-electron chi connectivity index (χ2n) is 5.78. The van der Waals surface area contributed by atoms with Gasteiger partial charge >= 0.3 is 0 Å². The van der Waals surface area contributed by atoms with Crippen LogP contribution in [0.2, 0.25) is 5.02 Å². The SMILES string of the molecule is Cc1cc(Cl)ccc1N1CC(C2CC2)NCC1C. The lowest BCUT2D eigenvalue weighted by Crippen LogP contribution is -2.56. The van der Waals surface area contributed by atoms with Crippen LogP contribution in [0.15, 0.2) is 18.2 Å². The molecule has 1 aromatic rings. The first kappa shape index (κ1) is 12.3. The van der Waals surface area contributed by atoms with E-state index in [9.17, 15) is 0 Å². The quantitative estimate of drug-likeness (QED) is 0.882. The Morgan fingerprint density at radius 3 is 2.78 bits per heavy atom. The third kappa shape index (κ3) is 2.36. The lowest BCUT2D eigenvalue weighted by atomic mass is 10.0. The van der Waals surface area contributed by atoms with Crippen molar-refractivity contribution in [3.63, 3.8) is 0 Å². The van der Waals surface area contributed by atoms with Gasteiger partial charge in [0, 0.05) is 35.9 Å². The fourth-order valence-electron chi connectivity index (χ4n) is 2.98. The average Bonchev–Trinajstić information content (AvgIpc) is 3.14. The monoisotopic (exact) mass is 264 g/mol. The Balaban J connectivity index is 1.83. The van der Waals surface area contributed by atoms with Crippen LogP contribution in [-0.2, 0) is 0 Å². The van der Waals surface area contributed by atoms with E-state index in [0.717, 1.165) is 24.0 Å². The highest BCUT2D eigenvalue weighted by Gasteiger charge is 2.36. The normalized spacial score (nSPS) is 28.5. The maximum atomic E-state index is 6.05. The molecule has 0 radical (unpaired) electrons. The zero-order valence-electron chi connectivity index (χ0n) is 11.1. The van der Waals surface area contributed by atoms with Crippen molar-refractivity contribution in [1.29, 1.82) is 0 Å². The van der Waals surface area contributed by atoms with Gasteiger partial charge < -0.3 is 10.2 Å². The minimum absolute atomic E-state index is 0.555. The van der Waals surface area contributed by atoms with Crippen molar-refractivity contribution in [2.75, 3.05) is 18.0 Å². The molecule has 3 heteroatoms. The highest BCUT2D eigenvalue weighted by molar-refractivity contribution is 6.30. The number of anilines is 1. The highest BCUT2D eigenvalue weighted by Crippen LogP contribution is 2.36. The molecule has 1 N–H and O–H groups in total. The van der Waals surface area contributed by atoms with Crippen molar-refractivity contribution in [1.82, 2.24) is 5.32 Å². The Labute approximate surface area is 114 Å². The third-order valence-corrected chi connectivity index (χ3v) is 4.50. The fraction of sp³-hybridized carbons (Fsp3) is 0.600. The van der Waals surface area contributed by atoms with E-state index in [1.54, 1.807) is 0 Å². The van der Waals surface area contributed by atoms with Gasteiger partial charge in [0.2, 0.25) is 0 Å². The van der Waals surface area contributed by atoms with Gasteiger partial charge in [-0.1, -0.05) is 11.6 Å². The summed E-state index contributed by atoms with van der Waals surface area (Å²) in [5.41, 5.74) is 2.63. The summed E-state index contributed by atoms with van der Waals surface area (Å²) in [6, 6.07) is 7.47. The van der Waals surface area contributed by atoms with E-state index in [2.05, 4.69) is 36.2 Å². The Bertz CT molecular complexity index is 442. The van der Waals surface area contributed by atoms with E-state index < -0.39 is 0 Å². The molecule has 1 aliphatic heterocycles. The van der Waals surface area contributed by atoms with E-state index >= 15 is 0 Å². The molecule has 0 bridgehead atoms. The molecule has 1 saturated heterocycles. The third-order valence-electron chi connectivity index (χ3n) is 4.26. The molecular formula is C15H21ClN2. The van der Waals surface area contributed by atoms with Gasteiger partial charge in [0.05, 0.1) is 0 Å². The molecule has 2 unspecified atom stereocenters. The number of rotatable bonds is 2. The molecule has 2 fully saturated rings. The zero-order chi connectivity index (χ0) is 12.7. The molecule has 2 atom stereocenters.